The number of rotatable bonds is 4. The third-order valence-corrected chi connectivity index (χ3v) is 5.31. The third kappa shape index (κ3) is 3.08. The molecule has 2 aromatic carbocycles. The van der Waals surface area contributed by atoms with Gasteiger partial charge in [-0.3, -0.25) is 4.98 Å². The number of hydrogen-bond acceptors (Lipinski definition) is 3. The van der Waals surface area contributed by atoms with Crippen molar-refractivity contribution in [1.29, 1.82) is 0 Å². The topological polar surface area (TPSA) is 39.9 Å². The van der Waals surface area contributed by atoms with Crippen LogP contribution in [-0.4, -0.2) is 21.1 Å². The number of nitrogens with zero attached hydrogens (tertiary/aromatic N) is 3. The fourth-order valence-corrected chi connectivity index (χ4v) is 4.12. The number of alkyl halides is 2. The van der Waals surface area contributed by atoms with Crippen LogP contribution in [0.15, 0.2) is 54.9 Å². The molecule has 0 fully saturated rings. The summed E-state index contributed by atoms with van der Waals surface area (Å²) in [6, 6.07) is 10.5. The van der Waals surface area contributed by atoms with Gasteiger partial charge in [-0.2, -0.15) is 8.78 Å². The molecule has 0 bridgehead atoms. The Kier molecular flexibility index (Phi) is 4.42. The van der Waals surface area contributed by atoms with Crippen molar-refractivity contribution < 1.29 is 22.3 Å². The van der Waals surface area contributed by atoms with E-state index in [1.807, 2.05) is 4.57 Å². The molecule has 4 nitrogen and oxygen atoms in total. The molecule has 152 valence electrons. The lowest BCUT2D eigenvalue weighted by Crippen LogP contribution is -2.10. The van der Waals surface area contributed by atoms with Crippen LogP contribution in [0.2, 0.25) is 0 Å². The average molecular weight is 413 g/mol. The van der Waals surface area contributed by atoms with E-state index in [0.717, 1.165) is 12.0 Å². The standard InChI is InChI=1S/C22H15F4N3O/c23-13-7-12(10-27-11-13)15-8-19-17(9-16(15)24)28-21-6-5-18(29(19)21)14-3-1-2-4-20(14)30-22(25)26/h1-4,7-11,18,22H,5-6H2. The number of fused-ring (bicyclic) bond motifs is 3. The van der Waals surface area contributed by atoms with Gasteiger partial charge in [0.2, 0.25) is 0 Å². The fourth-order valence-electron chi connectivity index (χ4n) is 4.12. The van der Waals surface area contributed by atoms with E-state index >= 15 is 0 Å². The molecule has 2 aromatic heterocycles. The van der Waals surface area contributed by atoms with Crippen LogP contribution in [0.5, 0.6) is 5.75 Å². The van der Waals surface area contributed by atoms with Gasteiger partial charge in [0.15, 0.2) is 0 Å². The highest BCUT2D eigenvalue weighted by Gasteiger charge is 2.30. The first kappa shape index (κ1) is 18.6. The van der Waals surface area contributed by atoms with Crippen LogP contribution >= 0.6 is 0 Å². The highest BCUT2D eigenvalue weighted by atomic mass is 19.3. The lowest BCUT2D eigenvalue weighted by Gasteiger charge is -2.19. The Hall–Kier alpha value is -3.42. The molecule has 0 spiro atoms. The Labute approximate surface area is 168 Å². The average Bonchev–Trinajstić information content (AvgIpc) is 3.26. The number of hydrogen-bond donors (Lipinski definition) is 0. The Balaban J connectivity index is 1.67. The molecule has 1 aliphatic rings. The van der Waals surface area contributed by atoms with Crippen molar-refractivity contribution in [2.75, 3.05) is 0 Å². The van der Waals surface area contributed by atoms with E-state index in [0.29, 0.717) is 35.0 Å². The van der Waals surface area contributed by atoms with Gasteiger partial charge in [-0.25, -0.2) is 13.8 Å². The number of imidazole rings is 1. The normalized spacial score (nSPS) is 15.7. The van der Waals surface area contributed by atoms with Gasteiger partial charge in [0.25, 0.3) is 0 Å². The molecular formula is C22H15F4N3O. The molecule has 1 atom stereocenters. The van der Waals surface area contributed by atoms with Crippen LogP contribution in [0.3, 0.4) is 0 Å². The van der Waals surface area contributed by atoms with Crippen molar-refractivity contribution in [2.24, 2.45) is 0 Å². The van der Waals surface area contributed by atoms with Crippen LogP contribution < -0.4 is 4.74 Å². The van der Waals surface area contributed by atoms with Crippen molar-refractivity contribution in [3.63, 3.8) is 0 Å². The summed E-state index contributed by atoms with van der Waals surface area (Å²) in [7, 11) is 0. The summed E-state index contributed by atoms with van der Waals surface area (Å²) in [5.41, 5.74) is 2.20. The minimum atomic E-state index is -2.94. The molecule has 1 aliphatic heterocycles. The van der Waals surface area contributed by atoms with Crippen LogP contribution in [0.25, 0.3) is 22.2 Å². The highest BCUT2D eigenvalue weighted by Crippen LogP contribution is 2.40. The van der Waals surface area contributed by atoms with Crippen molar-refractivity contribution in [1.82, 2.24) is 14.5 Å². The van der Waals surface area contributed by atoms with Crippen molar-refractivity contribution in [3.05, 3.63) is 77.9 Å². The van der Waals surface area contributed by atoms with Gasteiger partial charge >= 0.3 is 6.61 Å². The van der Waals surface area contributed by atoms with Crippen LogP contribution in [0, 0.1) is 11.6 Å². The number of halogens is 4. The number of ether oxygens (including phenoxy) is 1. The Morgan fingerprint density at radius 2 is 1.90 bits per heavy atom. The number of pyridine rings is 1. The summed E-state index contributed by atoms with van der Waals surface area (Å²) in [5.74, 6) is -0.272. The summed E-state index contributed by atoms with van der Waals surface area (Å²) in [5, 5.41) is 0. The van der Waals surface area contributed by atoms with E-state index in [1.165, 1.54) is 24.4 Å². The minimum absolute atomic E-state index is 0.101. The molecule has 0 saturated carbocycles. The van der Waals surface area contributed by atoms with Gasteiger partial charge in [0, 0.05) is 35.4 Å². The summed E-state index contributed by atoms with van der Waals surface area (Å²) in [6.07, 6.45) is 3.70. The number of para-hydroxylation sites is 1. The molecular weight excluding hydrogens is 398 g/mol. The Morgan fingerprint density at radius 1 is 1.07 bits per heavy atom. The van der Waals surface area contributed by atoms with Gasteiger partial charge < -0.3 is 9.30 Å². The molecule has 8 heteroatoms. The van der Waals surface area contributed by atoms with E-state index in [4.69, 9.17) is 4.74 Å². The SMILES string of the molecule is Fc1cncc(-c2cc3c(cc2F)nc2n3C(c3ccccc3OC(F)F)CC2)c1. The van der Waals surface area contributed by atoms with Crippen molar-refractivity contribution in [3.8, 4) is 16.9 Å². The zero-order valence-electron chi connectivity index (χ0n) is 15.5. The molecule has 0 aliphatic carbocycles. The molecule has 3 heterocycles. The number of benzene rings is 2. The summed E-state index contributed by atoms with van der Waals surface area (Å²) >= 11 is 0. The van der Waals surface area contributed by atoms with E-state index in [-0.39, 0.29) is 17.4 Å². The molecule has 0 radical (unpaired) electrons. The maximum atomic E-state index is 14.7. The zero-order chi connectivity index (χ0) is 20.8. The van der Waals surface area contributed by atoms with Crippen molar-refractivity contribution >= 4 is 11.0 Å². The molecule has 4 aromatic rings. The second-order valence-electron chi connectivity index (χ2n) is 7.08. The predicted octanol–water partition coefficient (Wildman–Crippen LogP) is 5.51. The molecule has 30 heavy (non-hydrogen) atoms. The maximum Gasteiger partial charge on any atom is 0.387 e. The third-order valence-electron chi connectivity index (χ3n) is 5.31. The quantitative estimate of drug-likeness (QED) is 0.414. The van der Waals surface area contributed by atoms with Gasteiger partial charge in [-0.05, 0) is 24.6 Å². The Morgan fingerprint density at radius 3 is 2.70 bits per heavy atom. The lowest BCUT2D eigenvalue weighted by atomic mass is 10.0. The van der Waals surface area contributed by atoms with Gasteiger partial charge in [0.1, 0.15) is 23.2 Å². The number of aryl methyl sites for hydroxylation is 1. The molecule has 1 unspecified atom stereocenters. The zero-order valence-corrected chi connectivity index (χ0v) is 15.5. The molecule has 0 saturated heterocycles. The fraction of sp³-hybridized carbons (Fsp3) is 0.182. The minimum Gasteiger partial charge on any atom is -0.434 e. The Bertz CT molecular complexity index is 1250. The molecule has 0 N–H and O–H groups in total. The first-order valence-electron chi connectivity index (χ1n) is 9.36. The van der Waals surface area contributed by atoms with Crippen molar-refractivity contribution in [2.45, 2.75) is 25.5 Å². The van der Waals surface area contributed by atoms with E-state index < -0.39 is 18.2 Å². The van der Waals surface area contributed by atoms with E-state index in [2.05, 4.69) is 9.97 Å². The summed E-state index contributed by atoms with van der Waals surface area (Å²) in [4.78, 5) is 8.31. The van der Waals surface area contributed by atoms with Crippen LogP contribution in [0.1, 0.15) is 23.9 Å². The largest absolute Gasteiger partial charge is 0.434 e. The second kappa shape index (κ2) is 7.12. The highest BCUT2D eigenvalue weighted by molar-refractivity contribution is 5.83. The number of aromatic nitrogens is 3. The molecule has 5 rings (SSSR count). The van der Waals surface area contributed by atoms with Gasteiger partial charge in [0.05, 0.1) is 23.3 Å². The monoisotopic (exact) mass is 413 g/mol. The first-order valence-corrected chi connectivity index (χ1v) is 9.36. The van der Waals surface area contributed by atoms with Crippen LogP contribution in [-0.2, 0) is 6.42 Å². The second-order valence-corrected chi connectivity index (χ2v) is 7.08. The van der Waals surface area contributed by atoms with Gasteiger partial charge in [-0.15, -0.1) is 0 Å². The van der Waals surface area contributed by atoms with Crippen LogP contribution in [0.4, 0.5) is 17.6 Å². The summed E-state index contributed by atoms with van der Waals surface area (Å²) in [6.45, 7) is -2.94. The first-order chi connectivity index (χ1) is 14.5. The van der Waals surface area contributed by atoms with E-state index in [1.54, 1.807) is 24.3 Å². The lowest BCUT2D eigenvalue weighted by molar-refractivity contribution is -0.0506. The maximum absolute atomic E-state index is 14.7. The predicted molar refractivity (Wildman–Crippen MR) is 102 cm³/mol. The van der Waals surface area contributed by atoms with Gasteiger partial charge in [-0.1, -0.05) is 18.2 Å². The molecule has 0 amide bonds. The smallest absolute Gasteiger partial charge is 0.387 e. The van der Waals surface area contributed by atoms with E-state index in [9.17, 15) is 17.6 Å². The summed E-state index contributed by atoms with van der Waals surface area (Å²) < 4.78 is 60.7.